The number of hydrogen-bond donors (Lipinski definition) is 2. The van der Waals surface area contributed by atoms with E-state index in [2.05, 4.69) is 5.32 Å². The first-order valence-electron chi connectivity index (χ1n) is 6.32. The van der Waals surface area contributed by atoms with Crippen LogP contribution < -0.4 is 5.32 Å². The van der Waals surface area contributed by atoms with E-state index in [0.717, 1.165) is 30.7 Å². The average Bonchev–Trinajstić information content (AvgIpc) is 2.28. The summed E-state index contributed by atoms with van der Waals surface area (Å²) in [5.41, 5.74) is 2.31. The van der Waals surface area contributed by atoms with E-state index in [-0.39, 0.29) is 0 Å². The molecule has 1 aromatic rings. The number of nitrogens with one attached hydrogen (secondary N) is 1. The van der Waals surface area contributed by atoms with Gasteiger partial charge >= 0.3 is 5.97 Å². The lowest BCUT2D eigenvalue weighted by molar-refractivity contribution is 0.00298. The molecule has 2 rings (SSSR count). The summed E-state index contributed by atoms with van der Waals surface area (Å²) in [6, 6.07) is 5.61. The predicted molar refractivity (Wildman–Crippen MR) is 70.2 cm³/mol. The second-order valence-electron chi connectivity index (χ2n) is 4.72. The number of hydrogen-bond acceptors (Lipinski definition) is 3. The van der Waals surface area contributed by atoms with Gasteiger partial charge in [0.15, 0.2) is 0 Å². The quantitative estimate of drug-likeness (QED) is 0.842. The second kappa shape index (κ2) is 5.40. The molecule has 1 aliphatic carbocycles. The maximum absolute atomic E-state index is 10.8. The fraction of sp³-hybridized carbons (Fsp3) is 0.500. The summed E-state index contributed by atoms with van der Waals surface area (Å²) < 4.78 is 5.51. The fourth-order valence-corrected chi connectivity index (χ4v) is 2.23. The third-order valence-electron chi connectivity index (χ3n) is 3.33. The Morgan fingerprint density at radius 3 is 2.78 bits per heavy atom. The molecule has 0 bridgehead atoms. The Balaban J connectivity index is 1.93. The van der Waals surface area contributed by atoms with Crippen LogP contribution in [0.1, 0.15) is 35.7 Å². The van der Waals surface area contributed by atoms with E-state index in [0.29, 0.717) is 17.7 Å². The molecule has 0 unspecified atom stereocenters. The number of aryl methyl sites for hydroxylation is 1. The number of anilines is 1. The summed E-state index contributed by atoms with van der Waals surface area (Å²) in [4.78, 5) is 10.8. The third kappa shape index (κ3) is 2.82. The Hall–Kier alpha value is -1.55. The van der Waals surface area contributed by atoms with Gasteiger partial charge in [0.05, 0.1) is 11.7 Å². The third-order valence-corrected chi connectivity index (χ3v) is 3.33. The minimum absolute atomic E-state index is 0.332. The van der Waals surface area contributed by atoms with Crippen LogP contribution in [0.25, 0.3) is 0 Å². The Morgan fingerprint density at radius 2 is 2.22 bits per heavy atom. The minimum Gasteiger partial charge on any atom is -0.478 e. The van der Waals surface area contributed by atoms with Crippen molar-refractivity contribution in [3.8, 4) is 0 Å². The molecule has 4 heteroatoms. The standard InChI is InChI=1S/C14H19NO3/c1-3-18-12-7-11(8-12)15-13-5-4-10(14(16)17)6-9(13)2/h4-6,11-12,15H,3,7-8H2,1-2H3,(H,16,17). The molecule has 4 nitrogen and oxygen atoms in total. The largest absolute Gasteiger partial charge is 0.478 e. The summed E-state index contributed by atoms with van der Waals surface area (Å²) in [7, 11) is 0. The molecule has 1 aliphatic rings. The van der Waals surface area contributed by atoms with Gasteiger partial charge in [-0.25, -0.2) is 4.79 Å². The highest BCUT2D eigenvalue weighted by atomic mass is 16.5. The van der Waals surface area contributed by atoms with Crippen LogP contribution in [-0.2, 0) is 4.74 Å². The molecule has 18 heavy (non-hydrogen) atoms. The summed E-state index contributed by atoms with van der Waals surface area (Å²) in [5.74, 6) is -0.885. The Kier molecular flexibility index (Phi) is 3.87. The van der Waals surface area contributed by atoms with Crippen molar-refractivity contribution in [1.29, 1.82) is 0 Å². The number of aromatic carboxylic acids is 1. The number of ether oxygens (including phenoxy) is 1. The van der Waals surface area contributed by atoms with E-state index in [9.17, 15) is 4.79 Å². The normalized spacial score (nSPS) is 22.3. The SMILES string of the molecule is CCOC1CC(Nc2ccc(C(=O)O)cc2C)C1. The van der Waals surface area contributed by atoms with Crippen LogP contribution in [0.5, 0.6) is 0 Å². The molecule has 0 amide bonds. The van der Waals surface area contributed by atoms with Gasteiger partial charge in [-0.1, -0.05) is 0 Å². The van der Waals surface area contributed by atoms with Gasteiger partial charge < -0.3 is 15.2 Å². The first-order chi connectivity index (χ1) is 8.60. The Morgan fingerprint density at radius 1 is 1.50 bits per heavy atom. The van der Waals surface area contributed by atoms with Crippen molar-refractivity contribution >= 4 is 11.7 Å². The van der Waals surface area contributed by atoms with Crippen LogP contribution >= 0.6 is 0 Å². The molecule has 1 fully saturated rings. The van der Waals surface area contributed by atoms with Crippen molar-refractivity contribution in [1.82, 2.24) is 0 Å². The summed E-state index contributed by atoms with van der Waals surface area (Å²) in [5, 5.41) is 12.3. The molecule has 1 aromatic carbocycles. The zero-order valence-electron chi connectivity index (χ0n) is 10.8. The van der Waals surface area contributed by atoms with E-state index in [1.54, 1.807) is 12.1 Å². The van der Waals surface area contributed by atoms with Crippen LogP contribution in [0.2, 0.25) is 0 Å². The van der Waals surface area contributed by atoms with E-state index in [1.165, 1.54) is 0 Å². The van der Waals surface area contributed by atoms with E-state index < -0.39 is 5.97 Å². The van der Waals surface area contributed by atoms with Gasteiger partial charge in [0.2, 0.25) is 0 Å². The zero-order valence-corrected chi connectivity index (χ0v) is 10.8. The van der Waals surface area contributed by atoms with Gasteiger partial charge in [-0.15, -0.1) is 0 Å². The minimum atomic E-state index is -0.885. The van der Waals surface area contributed by atoms with Crippen molar-refractivity contribution in [3.05, 3.63) is 29.3 Å². The predicted octanol–water partition coefficient (Wildman–Crippen LogP) is 2.67. The molecule has 0 heterocycles. The fourth-order valence-electron chi connectivity index (χ4n) is 2.23. The van der Waals surface area contributed by atoms with Crippen molar-refractivity contribution in [2.24, 2.45) is 0 Å². The molecular weight excluding hydrogens is 230 g/mol. The first kappa shape index (κ1) is 12.9. The van der Waals surface area contributed by atoms with Crippen LogP contribution in [-0.4, -0.2) is 29.8 Å². The number of rotatable bonds is 5. The van der Waals surface area contributed by atoms with Gasteiger partial charge in [0, 0.05) is 18.3 Å². The smallest absolute Gasteiger partial charge is 0.335 e. The zero-order chi connectivity index (χ0) is 13.1. The topological polar surface area (TPSA) is 58.6 Å². The average molecular weight is 249 g/mol. The molecule has 0 saturated heterocycles. The Labute approximate surface area is 107 Å². The molecule has 0 atom stereocenters. The van der Waals surface area contributed by atoms with Gasteiger partial charge in [-0.2, -0.15) is 0 Å². The van der Waals surface area contributed by atoms with Gasteiger partial charge in [0.25, 0.3) is 0 Å². The molecule has 0 radical (unpaired) electrons. The number of carboxylic acid groups (broad SMARTS) is 1. The lowest BCUT2D eigenvalue weighted by Crippen LogP contribution is -2.40. The second-order valence-corrected chi connectivity index (χ2v) is 4.72. The first-order valence-corrected chi connectivity index (χ1v) is 6.32. The van der Waals surface area contributed by atoms with E-state index in [4.69, 9.17) is 9.84 Å². The summed E-state index contributed by atoms with van der Waals surface area (Å²) in [6.07, 6.45) is 2.42. The van der Waals surface area contributed by atoms with E-state index in [1.807, 2.05) is 19.9 Å². The Bertz CT molecular complexity index is 439. The van der Waals surface area contributed by atoms with Gasteiger partial charge in [-0.05, 0) is 50.5 Å². The lowest BCUT2D eigenvalue weighted by atomic mass is 9.88. The highest BCUT2D eigenvalue weighted by Gasteiger charge is 2.29. The van der Waals surface area contributed by atoms with Crippen LogP contribution in [0.4, 0.5) is 5.69 Å². The highest BCUT2D eigenvalue weighted by Crippen LogP contribution is 2.28. The van der Waals surface area contributed by atoms with Crippen molar-refractivity contribution < 1.29 is 14.6 Å². The molecule has 0 aromatic heterocycles. The molecule has 0 spiro atoms. The maximum Gasteiger partial charge on any atom is 0.335 e. The van der Waals surface area contributed by atoms with Crippen LogP contribution in [0, 0.1) is 6.92 Å². The monoisotopic (exact) mass is 249 g/mol. The van der Waals surface area contributed by atoms with Crippen molar-refractivity contribution in [3.63, 3.8) is 0 Å². The number of benzene rings is 1. The lowest BCUT2D eigenvalue weighted by Gasteiger charge is -2.36. The molecule has 0 aliphatic heterocycles. The highest BCUT2D eigenvalue weighted by molar-refractivity contribution is 5.88. The number of carbonyl (C=O) groups is 1. The van der Waals surface area contributed by atoms with Crippen molar-refractivity contribution in [2.75, 3.05) is 11.9 Å². The van der Waals surface area contributed by atoms with Crippen LogP contribution in [0.3, 0.4) is 0 Å². The molecule has 2 N–H and O–H groups in total. The molecule has 1 saturated carbocycles. The summed E-state index contributed by atoms with van der Waals surface area (Å²) >= 11 is 0. The molecular formula is C14H19NO3. The van der Waals surface area contributed by atoms with Crippen molar-refractivity contribution in [2.45, 2.75) is 38.8 Å². The molecule has 98 valence electrons. The van der Waals surface area contributed by atoms with E-state index >= 15 is 0 Å². The summed E-state index contributed by atoms with van der Waals surface area (Å²) in [6.45, 7) is 4.70. The van der Waals surface area contributed by atoms with Gasteiger partial charge in [-0.3, -0.25) is 0 Å². The van der Waals surface area contributed by atoms with Gasteiger partial charge in [0.1, 0.15) is 0 Å². The number of carboxylic acids is 1. The van der Waals surface area contributed by atoms with Crippen LogP contribution in [0.15, 0.2) is 18.2 Å². The maximum atomic E-state index is 10.8.